The SMILES string of the molecule is CCC(C)(C(C)N)N1CCC(C(C)(C)C)CC1. The summed E-state index contributed by atoms with van der Waals surface area (Å²) in [7, 11) is 0. The largest absolute Gasteiger partial charge is 0.326 e. The van der Waals surface area contributed by atoms with Gasteiger partial charge in [-0.2, -0.15) is 0 Å². The van der Waals surface area contributed by atoms with Crippen molar-refractivity contribution in [2.45, 2.75) is 72.4 Å². The molecule has 2 heteroatoms. The number of rotatable bonds is 3. The van der Waals surface area contributed by atoms with Gasteiger partial charge in [0.05, 0.1) is 0 Å². The second kappa shape index (κ2) is 5.27. The van der Waals surface area contributed by atoms with Crippen molar-refractivity contribution in [2.24, 2.45) is 17.1 Å². The third kappa shape index (κ3) is 3.23. The summed E-state index contributed by atoms with van der Waals surface area (Å²) in [5.41, 5.74) is 6.84. The van der Waals surface area contributed by atoms with Crippen molar-refractivity contribution in [1.82, 2.24) is 4.90 Å². The Morgan fingerprint density at radius 2 is 1.65 bits per heavy atom. The molecule has 1 rings (SSSR count). The van der Waals surface area contributed by atoms with Crippen LogP contribution in [0.1, 0.15) is 60.8 Å². The zero-order chi connectivity index (χ0) is 13.3. The molecule has 2 atom stereocenters. The van der Waals surface area contributed by atoms with Crippen LogP contribution in [-0.2, 0) is 0 Å². The Morgan fingerprint density at radius 3 is 1.94 bits per heavy atom. The number of nitrogens with zero attached hydrogens (tertiary/aromatic N) is 1. The number of likely N-dealkylation sites (tertiary alicyclic amines) is 1. The summed E-state index contributed by atoms with van der Waals surface area (Å²) in [6, 6.07) is 0.249. The molecule has 0 spiro atoms. The predicted molar refractivity (Wildman–Crippen MR) is 76.1 cm³/mol. The average molecular weight is 240 g/mol. The Kier molecular flexibility index (Phi) is 4.65. The van der Waals surface area contributed by atoms with E-state index >= 15 is 0 Å². The van der Waals surface area contributed by atoms with Crippen molar-refractivity contribution in [3.63, 3.8) is 0 Å². The fourth-order valence-electron chi connectivity index (χ4n) is 3.09. The van der Waals surface area contributed by atoms with E-state index in [2.05, 4.69) is 46.4 Å². The highest BCUT2D eigenvalue weighted by Crippen LogP contribution is 2.37. The van der Waals surface area contributed by atoms with Gasteiger partial charge in [-0.3, -0.25) is 4.90 Å². The van der Waals surface area contributed by atoms with Crippen molar-refractivity contribution in [1.29, 1.82) is 0 Å². The van der Waals surface area contributed by atoms with E-state index in [1.54, 1.807) is 0 Å². The van der Waals surface area contributed by atoms with Crippen molar-refractivity contribution in [3.8, 4) is 0 Å². The van der Waals surface area contributed by atoms with Crippen molar-refractivity contribution in [3.05, 3.63) is 0 Å². The van der Waals surface area contributed by atoms with Crippen LogP contribution in [0.2, 0.25) is 0 Å². The van der Waals surface area contributed by atoms with E-state index in [0.717, 1.165) is 12.3 Å². The molecule has 17 heavy (non-hydrogen) atoms. The van der Waals surface area contributed by atoms with Crippen LogP contribution in [0.3, 0.4) is 0 Å². The number of hydrogen-bond acceptors (Lipinski definition) is 2. The first-order chi connectivity index (χ1) is 7.71. The van der Waals surface area contributed by atoms with Gasteiger partial charge in [0, 0.05) is 11.6 Å². The minimum atomic E-state index is 0.183. The summed E-state index contributed by atoms with van der Waals surface area (Å²) < 4.78 is 0. The van der Waals surface area contributed by atoms with Crippen LogP contribution < -0.4 is 5.73 Å². The molecule has 2 N–H and O–H groups in total. The normalized spacial score (nSPS) is 25.6. The lowest BCUT2D eigenvalue weighted by Crippen LogP contribution is -2.59. The maximum Gasteiger partial charge on any atom is 0.0326 e. The molecule has 0 aromatic heterocycles. The Morgan fingerprint density at radius 1 is 1.18 bits per heavy atom. The third-order valence-corrected chi connectivity index (χ3v) is 5.14. The van der Waals surface area contributed by atoms with E-state index in [9.17, 15) is 0 Å². The lowest BCUT2D eigenvalue weighted by Gasteiger charge is -2.49. The van der Waals surface area contributed by atoms with Crippen LogP contribution in [0.5, 0.6) is 0 Å². The summed E-state index contributed by atoms with van der Waals surface area (Å²) in [5.74, 6) is 0.868. The molecule has 1 heterocycles. The van der Waals surface area contributed by atoms with Gasteiger partial charge in [-0.1, -0.05) is 27.7 Å². The summed E-state index contributed by atoms with van der Waals surface area (Å²) >= 11 is 0. The third-order valence-electron chi connectivity index (χ3n) is 5.14. The Labute approximate surface area is 108 Å². The van der Waals surface area contributed by atoms with Gasteiger partial charge in [0.15, 0.2) is 0 Å². The fourth-order valence-corrected chi connectivity index (χ4v) is 3.09. The average Bonchev–Trinajstić information content (AvgIpc) is 2.26. The second-order valence-corrected chi connectivity index (χ2v) is 7.13. The summed E-state index contributed by atoms with van der Waals surface area (Å²) in [5, 5.41) is 0. The molecule has 1 aliphatic rings. The molecule has 1 aliphatic heterocycles. The molecule has 1 fully saturated rings. The highest BCUT2D eigenvalue weighted by atomic mass is 15.2. The van der Waals surface area contributed by atoms with Gasteiger partial charge in [0.25, 0.3) is 0 Å². The topological polar surface area (TPSA) is 29.3 Å². The maximum atomic E-state index is 6.19. The van der Waals surface area contributed by atoms with E-state index < -0.39 is 0 Å². The number of nitrogens with two attached hydrogens (primary N) is 1. The van der Waals surface area contributed by atoms with Gasteiger partial charge in [0.1, 0.15) is 0 Å². The standard InChI is InChI=1S/C15H32N2/c1-7-15(6,12(2)16)17-10-8-13(9-11-17)14(3,4)5/h12-13H,7-11,16H2,1-6H3. The Bertz CT molecular complexity index is 234. The molecule has 0 saturated carbocycles. The summed E-state index contributed by atoms with van der Waals surface area (Å²) in [6.45, 7) is 16.3. The van der Waals surface area contributed by atoms with Gasteiger partial charge in [0.2, 0.25) is 0 Å². The molecule has 2 unspecified atom stereocenters. The van der Waals surface area contributed by atoms with Gasteiger partial charge >= 0.3 is 0 Å². The summed E-state index contributed by atoms with van der Waals surface area (Å²) in [6.07, 6.45) is 3.79. The van der Waals surface area contributed by atoms with Crippen LogP contribution in [0.15, 0.2) is 0 Å². The zero-order valence-corrected chi connectivity index (χ0v) is 12.7. The Hall–Kier alpha value is -0.0800. The smallest absolute Gasteiger partial charge is 0.0326 e. The van der Waals surface area contributed by atoms with E-state index in [4.69, 9.17) is 5.73 Å². The monoisotopic (exact) mass is 240 g/mol. The molecule has 2 nitrogen and oxygen atoms in total. The van der Waals surface area contributed by atoms with Crippen LogP contribution in [0, 0.1) is 11.3 Å². The molecule has 1 saturated heterocycles. The lowest BCUT2D eigenvalue weighted by atomic mass is 9.74. The first-order valence-corrected chi connectivity index (χ1v) is 7.22. The highest BCUT2D eigenvalue weighted by Gasteiger charge is 2.38. The minimum Gasteiger partial charge on any atom is -0.326 e. The van der Waals surface area contributed by atoms with E-state index in [1.165, 1.54) is 25.9 Å². The van der Waals surface area contributed by atoms with Crippen LogP contribution in [-0.4, -0.2) is 29.6 Å². The predicted octanol–water partition coefficient (Wildman–Crippen LogP) is 3.26. The second-order valence-electron chi connectivity index (χ2n) is 7.13. The first-order valence-electron chi connectivity index (χ1n) is 7.22. The van der Waals surface area contributed by atoms with Crippen molar-refractivity contribution < 1.29 is 0 Å². The van der Waals surface area contributed by atoms with Crippen LogP contribution in [0.25, 0.3) is 0 Å². The van der Waals surface area contributed by atoms with Gasteiger partial charge < -0.3 is 5.73 Å². The maximum absolute atomic E-state index is 6.19. The Balaban J connectivity index is 2.63. The molecule has 0 amide bonds. The van der Waals surface area contributed by atoms with Crippen LogP contribution >= 0.6 is 0 Å². The zero-order valence-electron chi connectivity index (χ0n) is 12.7. The molecular formula is C15H32N2. The highest BCUT2D eigenvalue weighted by molar-refractivity contribution is 4.95. The summed E-state index contributed by atoms with van der Waals surface area (Å²) in [4.78, 5) is 2.62. The molecule has 0 aromatic carbocycles. The fraction of sp³-hybridized carbons (Fsp3) is 1.00. The number of piperidine rings is 1. The first kappa shape index (κ1) is 15.0. The minimum absolute atomic E-state index is 0.183. The van der Waals surface area contributed by atoms with Gasteiger partial charge in [-0.25, -0.2) is 0 Å². The lowest BCUT2D eigenvalue weighted by molar-refractivity contribution is 0.0210. The molecule has 0 aromatic rings. The molecule has 0 aliphatic carbocycles. The van der Waals surface area contributed by atoms with Crippen molar-refractivity contribution >= 4 is 0 Å². The van der Waals surface area contributed by atoms with Gasteiger partial charge in [-0.15, -0.1) is 0 Å². The quantitative estimate of drug-likeness (QED) is 0.820. The van der Waals surface area contributed by atoms with E-state index in [1.807, 2.05) is 0 Å². The van der Waals surface area contributed by atoms with E-state index in [-0.39, 0.29) is 11.6 Å². The van der Waals surface area contributed by atoms with Crippen LogP contribution in [0.4, 0.5) is 0 Å². The molecule has 0 radical (unpaired) electrons. The molecule has 102 valence electrons. The molecule has 0 bridgehead atoms. The number of hydrogen-bond donors (Lipinski definition) is 1. The van der Waals surface area contributed by atoms with E-state index in [0.29, 0.717) is 5.41 Å². The molecular weight excluding hydrogens is 208 g/mol. The van der Waals surface area contributed by atoms with Crippen molar-refractivity contribution in [2.75, 3.05) is 13.1 Å². The van der Waals surface area contributed by atoms with Gasteiger partial charge in [-0.05, 0) is 57.5 Å².